The molecule has 4 heteroatoms. The number of Topliss-reactive ketones (excluding diaryl/α,β-unsaturated/α-hetero) is 1. The van der Waals surface area contributed by atoms with Crippen LogP contribution in [0.5, 0.6) is 0 Å². The van der Waals surface area contributed by atoms with Gasteiger partial charge in [-0.1, -0.05) is 64.5 Å². The molecule has 1 saturated heterocycles. The lowest BCUT2D eigenvalue weighted by molar-refractivity contribution is -0.135. The number of hydrogen-bond acceptors (Lipinski definition) is 3. The van der Waals surface area contributed by atoms with E-state index in [9.17, 15) is 14.4 Å². The van der Waals surface area contributed by atoms with Gasteiger partial charge in [0.2, 0.25) is 11.8 Å². The van der Waals surface area contributed by atoms with Gasteiger partial charge in [0.05, 0.1) is 0 Å². The highest BCUT2D eigenvalue weighted by atomic mass is 16.2. The molecule has 2 rings (SSSR count). The SMILES string of the molecule is C=C(C)c1c(C)cccc1C(=O)CCCC.CC.CC1CCC(=O)NC1=O. The Balaban J connectivity index is 0.000000519. The summed E-state index contributed by atoms with van der Waals surface area (Å²) in [6, 6.07) is 5.89. The van der Waals surface area contributed by atoms with E-state index in [0.29, 0.717) is 19.3 Å². The highest BCUT2D eigenvalue weighted by Gasteiger charge is 2.21. The second-order valence-corrected chi connectivity index (χ2v) is 6.66. The Hall–Kier alpha value is -2.23. The van der Waals surface area contributed by atoms with Crippen LogP contribution in [0.25, 0.3) is 5.57 Å². The Kier molecular flexibility index (Phi) is 11.9. The van der Waals surface area contributed by atoms with Crippen LogP contribution in [0.15, 0.2) is 24.8 Å². The summed E-state index contributed by atoms with van der Waals surface area (Å²) in [5.41, 5.74) is 3.97. The summed E-state index contributed by atoms with van der Waals surface area (Å²) in [6.07, 6.45) is 3.85. The van der Waals surface area contributed by atoms with Crippen LogP contribution in [0, 0.1) is 12.8 Å². The van der Waals surface area contributed by atoms with E-state index < -0.39 is 0 Å². The number of allylic oxidation sites excluding steroid dienone is 1. The van der Waals surface area contributed by atoms with Gasteiger partial charge in [-0.25, -0.2) is 0 Å². The zero-order valence-corrected chi connectivity index (χ0v) is 17.8. The Bertz CT molecular complexity index is 662. The van der Waals surface area contributed by atoms with Gasteiger partial charge in [0.25, 0.3) is 0 Å². The number of amides is 2. The Morgan fingerprint density at radius 3 is 2.37 bits per heavy atom. The van der Waals surface area contributed by atoms with E-state index in [1.807, 2.05) is 52.8 Å². The molecule has 1 aliphatic heterocycles. The number of hydrogen-bond donors (Lipinski definition) is 1. The van der Waals surface area contributed by atoms with Crippen molar-refractivity contribution in [3.05, 3.63) is 41.5 Å². The molecular weight excluding hydrogens is 338 g/mol. The molecule has 2 amide bonds. The molecule has 0 aromatic heterocycles. The summed E-state index contributed by atoms with van der Waals surface area (Å²) >= 11 is 0. The van der Waals surface area contributed by atoms with Gasteiger partial charge in [-0.3, -0.25) is 19.7 Å². The molecule has 27 heavy (non-hydrogen) atoms. The average molecular weight is 374 g/mol. The molecule has 1 aliphatic rings. The lowest BCUT2D eigenvalue weighted by atomic mass is 9.92. The van der Waals surface area contributed by atoms with E-state index in [0.717, 1.165) is 35.1 Å². The number of benzene rings is 1. The zero-order chi connectivity index (χ0) is 21.0. The van der Waals surface area contributed by atoms with Crippen molar-refractivity contribution >= 4 is 23.2 Å². The average Bonchev–Trinajstić information content (AvgIpc) is 2.64. The number of aryl methyl sites for hydroxylation is 1. The molecule has 4 nitrogen and oxygen atoms in total. The molecule has 150 valence electrons. The molecule has 0 aliphatic carbocycles. The standard InChI is InChI=1S/C15H20O.C6H9NO2.C2H6/c1-5-6-10-14(16)13-9-7-8-12(4)15(13)11(2)3;1-4-2-3-5(8)7-6(4)9;1-2/h7-9H,2,5-6,10H2,1,3-4H3;4H,2-3H2,1H3,(H,7,8,9);1-2H3. The molecule has 0 radical (unpaired) electrons. The van der Waals surface area contributed by atoms with Crippen LogP contribution in [0.1, 0.15) is 88.2 Å². The van der Waals surface area contributed by atoms with Gasteiger partial charge in [0.1, 0.15) is 0 Å². The highest BCUT2D eigenvalue weighted by Crippen LogP contribution is 2.23. The molecule has 0 saturated carbocycles. The summed E-state index contributed by atoms with van der Waals surface area (Å²) < 4.78 is 0. The normalized spacial score (nSPS) is 15.6. The van der Waals surface area contributed by atoms with Crippen molar-refractivity contribution in [2.45, 2.75) is 73.6 Å². The van der Waals surface area contributed by atoms with Gasteiger partial charge in [0.15, 0.2) is 5.78 Å². The molecule has 1 N–H and O–H groups in total. The lowest BCUT2D eigenvalue weighted by Crippen LogP contribution is -2.39. The molecule has 0 bridgehead atoms. The number of carbonyl (C=O) groups is 3. The summed E-state index contributed by atoms with van der Waals surface area (Å²) in [5.74, 6) is -0.0180. The number of ketones is 1. The van der Waals surface area contributed by atoms with Crippen molar-refractivity contribution in [1.29, 1.82) is 0 Å². The molecule has 1 aromatic carbocycles. The van der Waals surface area contributed by atoms with Gasteiger partial charge in [-0.15, -0.1) is 0 Å². The summed E-state index contributed by atoms with van der Waals surface area (Å²) in [4.78, 5) is 33.2. The molecular formula is C23H35NO3. The van der Waals surface area contributed by atoms with Crippen LogP contribution >= 0.6 is 0 Å². The molecule has 1 heterocycles. The summed E-state index contributed by atoms with van der Waals surface area (Å²) in [6.45, 7) is 15.9. The third kappa shape index (κ3) is 8.33. The fraction of sp³-hybridized carbons (Fsp3) is 0.522. The van der Waals surface area contributed by atoms with Gasteiger partial charge in [0, 0.05) is 24.3 Å². The second-order valence-electron chi connectivity index (χ2n) is 6.66. The van der Waals surface area contributed by atoms with Crippen LogP contribution in [0.2, 0.25) is 0 Å². The maximum Gasteiger partial charge on any atom is 0.229 e. The van der Waals surface area contributed by atoms with E-state index in [1.165, 1.54) is 0 Å². The van der Waals surface area contributed by atoms with Crippen LogP contribution in [0.3, 0.4) is 0 Å². The second kappa shape index (κ2) is 13.0. The minimum atomic E-state index is -0.141. The first-order chi connectivity index (χ1) is 12.8. The largest absolute Gasteiger partial charge is 0.296 e. The topological polar surface area (TPSA) is 63.2 Å². The summed E-state index contributed by atoms with van der Waals surface area (Å²) in [7, 11) is 0. The third-order valence-corrected chi connectivity index (χ3v) is 4.27. The number of imide groups is 1. The Morgan fingerprint density at radius 2 is 1.89 bits per heavy atom. The molecule has 1 atom stereocenters. The number of nitrogens with one attached hydrogen (secondary N) is 1. The van der Waals surface area contributed by atoms with Crippen LogP contribution in [-0.4, -0.2) is 17.6 Å². The Labute approximate surface area is 164 Å². The van der Waals surface area contributed by atoms with E-state index in [-0.39, 0.29) is 23.5 Å². The minimum Gasteiger partial charge on any atom is -0.296 e. The van der Waals surface area contributed by atoms with Crippen molar-refractivity contribution in [3.63, 3.8) is 0 Å². The minimum absolute atomic E-state index is 0.0164. The van der Waals surface area contributed by atoms with Crippen LogP contribution in [0.4, 0.5) is 0 Å². The first-order valence-corrected chi connectivity index (χ1v) is 9.90. The predicted molar refractivity (Wildman–Crippen MR) is 113 cm³/mol. The number of carbonyl (C=O) groups excluding carboxylic acids is 3. The van der Waals surface area contributed by atoms with E-state index in [2.05, 4.69) is 18.8 Å². The quantitative estimate of drug-likeness (QED) is 0.548. The maximum atomic E-state index is 12.0. The molecule has 1 fully saturated rings. The van der Waals surface area contributed by atoms with Gasteiger partial charge >= 0.3 is 0 Å². The lowest BCUT2D eigenvalue weighted by Gasteiger charge is -2.15. The van der Waals surface area contributed by atoms with Gasteiger partial charge < -0.3 is 0 Å². The molecule has 1 aromatic rings. The predicted octanol–water partition coefficient (Wildman–Crippen LogP) is 5.49. The van der Waals surface area contributed by atoms with Crippen LogP contribution in [-0.2, 0) is 9.59 Å². The van der Waals surface area contributed by atoms with E-state index in [4.69, 9.17) is 0 Å². The molecule has 0 spiro atoms. The van der Waals surface area contributed by atoms with Crippen molar-refractivity contribution < 1.29 is 14.4 Å². The number of rotatable bonds is 5. The van der Waals surface area contributed by atoms with Crippen molar-refractivity contribution in [1.82, 2.24) is 5.32 Å². The van der Waals surface area contributed by atoms with Crippen molar-refractivity contribution in [2.75, 3.05) is 0 Å². The first-order valence-electron chi connectivity index (χ1n) is 9.90. The smallest absolute Gasteiger partial charge is 0.229 e. The fourth-order valence-electron chi connectivity index (χ4n) is 2.74. The number of unbranched alkanes of at least 4 members (excludes halogenated alkanes) is 1. The molecule has 1 unspecified atom stereocenters. The number of piperidine rings is 1. The van der Waals surface area contributed by atoms with Crippen LogP contribution < -0.4 is 5.32 Å². The fourth-order valence-corrected chi connectivity index (χ4v) is 2.74. The monoisotopic (exact) mass is 373 g/mol. The maximum absolute atomic E-state index is 12.0. The van der Waals surface area contributed by atoms with E-state index >= 15 is 0 Å². The first kappa shape index (κ1) is 24.8. The summed E-state index contributed by atoms with van der Waals surface area (Å²) in [5, 5.41) is 2.25. The van der Waals surface area contributed by atoms with Gasteiger partial charge in [-0.2, -0.15) is 0 Å². The van der Waals surface area contributed by atoms with Crippen molar-refractivity contribution in [3.8, 4) is 0 Å². The van der Waals surface area contributed by atoms with Crippen molar-refractivity contribution in [2.24, 2.45) is 5.92 Å². The highest BCUT2D eigenvalue weighted by molar-refractivity contribution is 6.01. The third-order valence-electron chi connectivity index (χ3n) is 4.27. The van der Waals surface area contributed by atoms with Gasteiger partial charge in [-0.05, 0) is 37.8 Å². The zero-order valence-electron chi connectivity index (χ0n) is 17.8. The van der Waals surface area contributed by atoms with E-state index in [1.54, 1.807) is 0 Å². The Morgan fingerprint density at radius 1 is 1.26 bits per heavy atom.